The van der Waals surface area contributed by atoms with Crippen LogP contribution in [0.2, 0.25) is 0 Å². The Morgan fingerprint density at radius 2 is 2.44 bits per heavy atom. The van der Waals surface area contributed by atoms with E-state index in [0.717, 1.165) is 19.5 Å². The van der Waals surface area contributed by atoms with E-state index in [2.05, 4.69) is 15.7 Å². The number of aromatic nitrogens is 2. The van der Waals surface area contributed by atoms with Gasteiger partial charge in [-0.1, -0.05) is 0 Å². The molecule has 7 heteroatoms. The second kappa shape index (κ2) is 5.63. The summed E-state index contributed by atoms with van der Waals surface area (Å²) in [5, 5.41) is 18.4. The summed E-state index contributed by atoms with van der Waals surface area (Å²) < 4.78 is 1.27. The van der Waals surface area contributed by atoms with Gasteiger partial charge in [0, 0.05) is 12.6 Å². The van der Waals surface area contributed by atoms with E-state index in [4.69, 9.17) is 5.11 Å². The summed E-state index contributed by atoms with van der Waals surface area (Å²) in [6.45, 7) is 1.64. The number of aliphatic carboxylic acids is 1. The minimum atomic E-state index is -0.965. The molecule has 1 aromatic rings. The summed E-state index contributed by atoms with van der Waals surface area (Å²) in [6.07, 6.45) is 4.47. The van der Waals surface area contributed by atoms with E-state index in [1.54, 1.807) is 0 Å². The molecule has 18 heavy (non-hydrogen) atoms. The third-order valence-corrected chi connectivity index (χ3v) is 2.85. The molecule has 1 aliphatic rings. The Hall–Kier alpha value is -1.89. The standard InChI is InChI=1S/C11H16N4O3/c16-10(3-8-1-2-12-4-8)14-9-5-13-15(6-9)7-11(17)18/h5-6,8,12H,1-4,7H2,(H,14,16)(H,17,18). The molecule has 1 aromatic heterocycles. The van der Waals surface area contributed by atoms with Crippen LogP contribution < -0.4 is 10.6 Å². The van der Waals surface area contributed by atoms with Crippen molar-refractivity contribution >= 4 is 17.6 Å². The van der Waals surface area contributed by atoms with E-state index in [1.807, 2.05) is 0 Å². The molecule has 1 amide bonds. The first-order chi connectivity index (χ1) is 8.63. The molecule has 1 fully saturated rings. The summed E-state index contributed by atoms with van der Waals surface area (Å²) in [5.41, 5.74) is 0.534. The molecule has 1 unspecified atom stereocenters. The monoisotopic (exact) mass is 252 g/mol. The number of carbonyl (C=O) groups excluding carboxylic acids is 1. The fraction of sp³-hybridized carbons (Fsp3) is 0.545. The first kappa shape index (κ1) is 12.6. The second-order valence-electron chi connectivity index (χ2n) is 4.43. The van der Waals surface area contributed by atoms with Gasteiger partial charge in [-0.2, -0.15) is 5.10 Å². The molecule has 0 saturated carbocycles. The highest BCUT2D eigenvalue weighted by molar-refractivity contribution is 5.90. The highest BCUT2D eigenvalue weighted by Crippen LogP contribution is 2.13. The van der Waals surface area contributed by atoms with E-state index in [-0.39, 0.29) is 12.5 Å². The number of carbonyl (C=O) groups is 2. The van der Waals surface area contributed by atoms with Gasteiger partial charge in [-0.3, -0.25) is 14.3 Å². The molecule has 2 heterocycles. The van der Waals surface area contributed by atoms with Gasteiger partial charge in [-0.25, -0.2) is 0 Å². The Bertz CT molecular complexity index is 437. The summed E-state index contributed by atoms with van der Waals surface area (Å²) in [7, 11) is 0. The van der Waals surface area contributed by atoms with Crippen LogP contribution in [-0.2, 0) is 16.1 Å². The van der Waals surface area contributed by atoms with E-state index < -0.39 is 5.97 Å². The fourth-order valence-electron chi connectivity index (χ4n) is 2.02. The van der Waals surface area contributed by atoms with Crippen LogP contribution in [0.5, 0.6) is 0 Å². The number of carboxylic acids is 1. The van der Waals surface area contributed by atoms with Crippen molar-refractivity contribution < 1.29 is 14.7 Å². The average molecular weight is 252 g/mol. The van der Waals surface area contributed by atoms with Gasteiger partial charge in [-0.15, -0.1) is 0 Å². The molecule has 1 atom stereocenters. The van der Waals surface area contributed by atoms with Crippen molar-refractivity contribution in [3.8, 4) is 0 Å². The van der Waals surface area contributed by atoms with E-state index >= 15 is 0 Å². The quantitative estimate of drug-likeness (QED) is 0.680. The van der Waals surface area contributed by atoms with Crippen molar-refractivity contribution in [3.05, 3.63) is 12.4 Å². The highest BCUT2D eigenvalue weighted by atomic mass is 16.4. The van der Waals surface area contributed by atoms with Crippen molar-refractivity contribution in [2.75, 3.05) is 18.4 Å². The van der Waals surface area contributed by atoms with Crippen molar-refractivity contribution in [3.63, 3.8) is 0 Å². The number of carboxylic acid groups (broad SMARTS) is 1. The molecule has 98 valence electrons. The zero-order valence-electron chi connectivity index (χ0n) is 9.93. The van der Waals surface area contributed by atoms with Gasteiger partial charge in [0.2, 0.25) is 5.91 Å². The third kappa shape index (κ3) is 3.56. The molecule has 3 N–H and O–H groups in total. The van der Waals surface area contributed by atoms with Crippen molar-refractivity contribution in [2.45, 2.75) is 19.4 Å². The lowest BCUT2D eigenvalue weighted by Gasteiger charge is -2.07. The molecule has 1 aliphatic heterocycles. The normalized spacial score (nSPS) is 18.8. The van der Waals surface area contributed by atoms with Gasteiger partial charge in [0.25, 0.3) is 0 Å². The van der Waals surface area contributed by atoms with E-state index in [1.165, 1.54) is 17.1 Å². The Labute approximate surface area is 104 Å². The molecule has 0 aromatic carbocycles. The number of anilines is 1. The lowest BCUT2D eigenvalue weighted by Crippen LogP contribution is -2.18. The van der Waals surface area contributed by atoms with E-state index in [9.17, 15) is 9.59 Å². The largest absolute Gasteiger partial charge is 0.480 e. The molecule has 0 radical (unpaired) electrons. The number of nitrogens with zero attached hydrogens (tertiary/aromatic N) is 2. The van der Waals surface area contributed by atoms with Gasteiger partial charge in [0.1, 0.15) is 6.54 Å². The smallest absolute Gasteiger partial charge is 0.325 e. The average Bonchev–Trinajstić information content (AvgIpc) is 2.89. The molecule has 0 spiro atoms. The summed E-state index contributed by atoms with van der Waals surface area (Å²) >= 11 is 0. The number of nitrogens with one attached hydrogen (secondary N) is 2. The van der Waals surface area contributed by atoms with Gasteiger partial charge in [0.05, 0.1) is 11.9 Å². The number of hydrogen-bond donors (Lipinski definition) is 3. The lowest BCUT2D eigenvalue weighted by molar-refractivity contribution is -0.137. The molecule has 2 rings (SSSR count). The maximum atomic E-state index is 11.7. The Morgan fingerprint density at radius 1 is 1.61 bits per heavy atom. The second-order valence-corrected chi connectivity index (χ2v) is 4.43. The van der Waals surface area contributed by atoms with Crippen LogP contribution in [0.1, 0.15) is 12.8 Å². The van der Waals surface area contributed by atoms with Crippen LogP contribution in [0, 0.1) is 5.92 Å². The number of rotatable bonds is 5. The van der Waals surface area contributed by atoms with Crippen LogP contribution in [0.25, 0.3) is 0 Å². The zero-order chi connectivity index (χ0) is 13.0. The topological polar surface area (TPSA) is 96.2 Å². The minimum Gasteiger partial charge on any atom is -0.480 e. The maximum Gasteiger partial charge on any atom is 0.325 e. The Balaban J connectivity index is 1.82. The minimum absolute atomic E-state index is 0.0569. The first-order valence-corrected chi connectivity index (χ1v) is 5.88. The number of amides is 1. The fourth-order valence-corrected chi connectivity index (χ4v) is 2.02. The van der Waals surface area contributed by atoms with Gasteiger partial charge in [-0.05, 0) is 25.4 Å². The third-order valence-electron chi connectivity index (χ3n) is 2.85. The molecule has 1 saturated heterocycles. The van der Waals surface area contributed by atoms with Gasteiger partial charge >= 0.3 is 5.97 Å². The van der Waals surface area contributed by atoms with Crippen LogP contribution in [-0.4, -0.2) is 39.9 Å². The summed E-state index contributed by atoms with van der Waals surface area (Å²) in [6, 6.07) is 0. The predicted molar refractivity (Wildman–Crippen MR) is 64.1 cm³/mol. The molecule has 0 aliphatic carbocycles. The Kier molecular flexibility index (Phi) is 3.93. The zero-order valence-corrected chi connectivity index (χ0v) is 9.93. The maximum absolute atomic E-state index is 11.7. The summed E-state index contributed by atoms with van der Waals surface area (Å²) in [5.74, 6) is -0.634. The summed E-state index contributed by atoms with van der Waals surface area (Å²) in [4.78, 5) is 22.2. The lowest BCUT2D eigenvalue weighted by atomic mass is 10.0. The van der Waals surface area contributed by atoms with Crippen molar-refractivity contribution in [1.29, 1.82) is 0 Å². The predicted octanol–water partition coefficient (Wildman–Crippen LogP) is -0.0942. The van der Waals surface area contributed by atoms with Gasteiger partial charge in [0.15, 0.2) is 0 Å². The Morgan fingerprint density at radius 3 is 3.11 bits per heavy atom. The highest BCUT2D eigenvalue weighted by Gasteiger charge is 2.18. The molecule has 7 nitrogen and oxygen atoms in total. The number of hydrogen-bond acceptors (Lipinski definition) is 4. The van der Waals surface area contributed by atoms with Crippen LogP contribution >= 0.6 is 0 Å². The van der Waals surface area contributed by atoms with Crippen molar-refractivity contribution in [1.82, 2.24) is 15.1 Å². The molecular formula is C11H16N4O3. The SMILES string of the molecule is O=C(O)Cn1cc(NC(=O)CC2CCNC2)cn1. The molecule has 0 bridgehead atoms. The van der Waals surface area contributed by atoms with Crippen molar-refractivity contribution in [2.24, 2.45) is 5.92 Å². The first-order valence-electron chi connectivity index (χ1n) is 5.88. The van der Waals surface area contributed by atoms with Crippen LogP contribution in [0.3, 0.4) is 0 Å². The van der Waals surface area contributed by atoms with E-state index in [0.29, 0.717) is 18.0 Å². The van der Waals surface area contributed by atoms with Crippen LogP contribution in [0.15, 0.2) is 12.4 Å². The van der Waals surface area contributed by atoms with Crippen LogP contribution in [0.4, 0.5) is 5.69 Å². The van der Waals surface area contributed by atoms with Gasteiger partial charge < -0.3 is 15.7 Å². The molecular weight excluding hydrogens is 236 g/mol.